The number of hydrogen-bond acceptors (Lipinski definition) is 2. The topological polar surface area (TPSA) is 41.6 Å². The van der Waals surface area contributed by atoms with Crippen LogP contribution < -0.4 is 10.1 Å². The molecule has 4 rings (SSSR count). The van der Waals surface area contributed by atoms with Crippen LogP contribution in [0.15, 0.2) is 109 Å². The third kappa shape index (κ3) is 6.94. The molecule has 38 heavy (non-hydrogen) atoms. The molecule has 0 saturated heterocycles. The zero-order valence-corrected chi connectivity index (χ0v) is 21.0. The predicted octanol–water partition coefficient (Wildman–Crippen LogP) is 7.97. The van der Waals surface area contributed by atoms with E-state index in [1.807, 2.05) is 36.4 Å². The second-order valence-corrected chi connectivity index (χ2v) is 8.91. The number of alkyl halides is 3. The Hall–Kier alpha value is -4.26. The summed E-state index contributed by atoms with van der Waals surface area (Å²) in [5, 5.41) is 2.90. The first-order chi connectivity index (χ1) is 18.3. The first-order valence-electron chi connectivity index (χ1n) is 12.3. The van der Waals surface area contributed by atoms with Gasteiger partial charge in [-0.1, -0.05) is 84.9 Å². The van der Waals surface area contributed by atoms with Gasteiger partial charge in [0.25, 0.3) is 0 Å². The van der Waals surface area contributed by atoms with Crippen molar-refractivity contribution in [3.05, 3.63) is 131 Å². The maximum Gasteiger partial charge on any atom is 0.416 e. The van der Waals surface area contributed by atoms with Gasteiger partial charge in [0.15, 0.2) is 0 Å². The lowest BCUT2D eigenvalue weighted by atomic mass is 9.88. The SMILES string of the molecule is COc1ccccc1NC(=O)N(CCC(c1ccccc1)c1ccccc1)Cc1ccc(C(F)(F)F)cc1. The number of anilines is 1. The minimum absolute atomic E-state index is 0.0339. The summed E-state index contributed by atoms with van der Waals surface area (Å²) in [6.45, 7) is 0.520. The number of rotatable bonds is 9. The van der Waals surface area contributed by atoms with E-state index in [9.17, 15) is 18.0 Å². The summed E-state index contributed by atoms with van der Waals surface area (Å²) >= 11 is 0. The van der Waals surface area contributed by atoms with Gasteiger partial charge in [0.05, 0.1) is 18.4 Å². The molecule has 0 bridgehead atoms. The molecule has 4 aromatic carbocycles. The largest absolute Gasteiger partial charge is 0.495 e. The normalized spacial score (nSPS) is 11.3. The summed E-state index contributed by atoms with van der Waals surface area (Å²) in [5.74, 6) is 0.549. The van der Waals surface area contributed by atoms with Crippen LogP contribution in [-0.4, -0.2) is 24.6 Å². The van der Waals surface area contributed by atoms with E-state index in [0.29, 0.717) is 30.0 Å². The van der Waals surface area contributed by atoms with Gasteiger partial charge in [0, 0.05) is 19.0 Å². The monoisotopic (exact) mass is 518 g/mol. The number of benzene rings is 4. The van der Waals surface area contributed by atoms with Gasteiger partial charge in [-0.15, -0.1) is 0 Å². The molecule has 2 amide bonds. The summed E-state index contributed by atoms with van der Waals surface area (Å²) in [4.78, 5) is 15.1. The van der Waals surface area contributed by atoms with Gasteiger partial charge in [-0.05, 0) is 47.4 Å². The number of para-hydroxylation sites is 2. The minimum atomic E-state index is -4.42. The van der Waals surface area contributed by atoms with Crippen LogP contribution in [-0.2, 0) is 12.7 Å². The minimum Gasteiger partial charge on any atom is -0.495 e. The fraction of sp³-hybridized carbons (Fsp3) is 0.194. The van der Waals surface area contributed by atoms with E-state index < -0.39 is 11.7 Å². The van der Waals surface area contributed by atoms with E-state index in [0.717, 1.165) is 23.3 Å². The number of carbonyl (C=O) groups is 1. The maximum atomic E-state index is 13.5. The van der Waals surface area contributed by atoms with Gasteiger partial charge >= 0.3 is 12.2 Å². The first kappa shape index (κ1) is 26.8. The Kier molecular flexibility index (Phi) is 8.69. The number of nitrogens with zero attached hydrogens (tertiary/aromatic N) is 1. The number of carbonyl (C=O) groups excluding carboxylic acids is 1. The van der Waals surface area contributed by atoms with Crippen molar-refractivity contribution >= 4 is 11.7 Å². The van der Waals surface area contributed by atoms with Crippen LogP contribution in [0.1, 0.15) is 34.6 Å². The number of methoxy groups -OCH3 is 1. The Morgan fingerprint density at radius 2 is 1.37 bits per heavy atom. The Balaban J connectivity index is 1.59. The zero-order valence-electron chi connectivity index (χ0n) is 21.0. The molecule has 0 atom stereocenters. The molecule has 0 fully saturated rings. The number of nitrogens with one attached hydrogen (secondary N) is 1. The molecule has 0 radical (unpaired) electrons. The van der Waals surface area contributed by atoms with Gasteiger partial charge in [-0.25, -0.2) is 4.79 Å². The average molecular weight is 519 g/mol. The van der Waals surface area contributed by atoms with Crippen molar-refractivity contribution in [3.8, 4) is 5.75 Å². The number of halogens is 3. The summed E-state index contributed by atoms with van der Waals surface area (Å²) in [7, 11) is 1.52. The predicted molar refractivity (Wildman–Crippen MR) is 143 cm³/mol. The third-order valence-electron chi connectivity index (χ3n) is 6.38. The molecule has 0 aromatic heterocycles. The molecule has 4 nitrogen and oxygen atoms in total. The standard InChI is InChI=1S/C31H29F3N2O2/c1-38-29-15-9-8-14-28(29)35-30(37)36(22-23-16-18-26(19-17-23)31(32,33)34)21-20-27(24-10-4-2-5-11-24)25-12-6-3-7-13-25/h2-19,27H,20-22H2,1H3,(H,35,37). The molecule has 1 N–H and O–H groups in total. The first-order valence-corrected chi connectivity index (χ1v) is 12.3. The zero-order chi connectivity index (χ0) is 27.0. The highest BCUT2D eigenvalue weighted by atomic mass is 19.4. The second-order valence-electron chi connectivity index (χ2n) is 8.91. The Bertz CT molecular complexity index is 1270. The van der Waals surface area contributed by atoms with E-state index in [1.54, 1.807) is 29.2 Å². The number of amides is 2. The van der Waals surface area contributed by atoms with Crippen LogP contribution in [0.5, 0.6) is 5.75 Å². The highest BCUT2D eigenvalue weighted by Crippen LogP contribution is 2.31. The third-order valence-corrected chi connectivity index (χ3v) is 6.38. The molecular formula is C31H29F3N2O2. The number of urea groups is 1. The quantitative estimate of drug-likeness (QED) is 0.244. The van der Waals surface area contributed by atoms with Crippen molar-refractivity contribution in [2.75, 3.05) is 19.0 Å². The molecule has 7 heteroatoms. The maximum absolute atomic E-state index is 13.5. The number of hydrogen-bond donors (Lipinski definition) is 1. The Morgan fingerprint density at radius 1 is 0.816 bits per heavy atom. The van der Waals surface area contributed by atoms with Crippen LogP contribution in [0.2, 0.25) is 0 Å². The lowest BCUT2D eigenvalue weighted by molar-refractivity contribution is -0.137. The highest BCUT2D eigenvalue weighted by molar-refractivity contribution is 5.91. The lowest BCUT2D eigenvalue weighted by Crippen LogP contribution is -2.36. The smallest absolute Gasteiger partial charge is 0.416 e. The van der Waals surface area contributed by atoms with Gasteiger partial charge in [-0.3, -0.25) is 0 Å². The molecule has 4 aromatic rings. The van der Waals surface area contributed by atoms with E-state index in [1.165, 1.54) is 19.2 Å². The van der Waals surface area contributed by atoms with Crippen LogP contribution in [0.25, 0.3) is 0 Å². The molecule has 0 aliphatic heterocycles. The molecule has 0 aliphatic carbocycles. The van der Waals surface area contributed by atoms with Gasteiger partial charge in [0.2, 0.25) is 0 Å². The van der Waals surface area contributed by atoms with Crippen molar-refractivity contribution in [1.82, 2.24) is 4.90 Å². The Morgan fingerprint density at radius 3 is 1.92 bits per heavy atom. The average Bonchev–Trinajstić information content (AvgIpc) is 2.93. The van der Waals surface area contributed by atoms with Crippen molar-refractivity contribution in [3.63, 3.8) is 0 Å². The fourth-order valence-electron chi connectivity index (χ4n) is 4.40. The van der Waals surface area contributed by atoms with Crippen molar-refractivity contribution in [2.24, 2.45) is 0 Å². The van der Waals surface area contributed by atoms with Gasteiger partial charge in [-0.2, -0.15) is 13.2 Å². The molecule has 0 heterocycles. The second kappa shape index (κ2) is 12.3. The van der Waals surface area contributed by atoms with Crippen molar-refractivity contribution in [2.45, 2.75) is 25.1 Å². The molecule has 0 aliphatic rings. The number of ether oxygens (including phenoxy) is 1. The molecule has 0 saturated carbocycles. The lowest BCUT2D eigenvalue weighted by Gasteiger charge is -2.27. The van der Waals surface area contributed by atoms with E-state index in [-0.39, 0.29) is 18.5 Å². The fourth-order valence-corrected chi connectivity index (χ4v) is 4.40. The van der Waals surface area contributed by atoms with E-state index >= 15 is 0 Å². The summed E-state index contributed by atoms with van der Waals surface area (Å²) in [6, 6.07) is 31.7. The van der Waals surface area contributed by atoms with Crippen LogP contribution in [0, 0.1) is 0 Å². The highest BCUT2D eigenvalue weighted by Gasteiger charge is 2.30. The van der Waals surface area contributed by atoms with Gasteiger partial charge in [0.1, 0.15) is 5.75 Å². The van der Waals surface area contributed by atoms with E-state index in [2.05, 4.69) is 29.6 Å². The van der Waals surface area contributed by atoms with Crippen molar-refractivity contribution in [1.29, 1.82) is 0 Å². The molecule has 196 valence electrons. The van der Waals surface area contributed by atoms with Crippen molar-refractivity contribution < 1.29 is 22.7 Å². The van der Waals surface area contributed by atoms with Crippen LogP contribution in [0.4, 0.5) is 23.7 Å². The summed E-state index contributed by atoms with van der Waals surface area (Å²) < 4.78 is 44.6. The molecule has 0 unspecified atom stereocenters. The molecular weight excluding hydrogens is 489 g/mol. The van der Waals surface area contributed by atoms with Gasteiger partial charge < -0.3 is 15.0 Å². The summed E-state index contributed by atoms with van der Waals surface area (Å²) in [6.07, 6.45) is -3.80. The Labute approximate surface area is 220 Å². The van der Waals surface area contributed by atoms with Crippen LogP contribution in [0.3, 0.4) is 0 Å². The molecule has 0 spiro atoms. The van der Waals surface area contributed by atoms with Crippen LogP contribution >= 0.6 is 0 Å². The summed E-state index contributed by atoms with van der Waals surface area (Å²) in [5.41, 5.74) is 2.64. The van der Waals surface area contributed by atoms with E-state index in [4.69, 9.17) is 4.74 Å².